The fourth-order valence-electron chi connectivity index (χ4n) is 4.08. The highest BCUT2D eigenvalue weighted by Crippen LogP contribution is 2.30. The molecule has 4 rings (SSSR count). The summed E-state index contributed by atoms with van der Waals surface area (Å²) in [5, 5.41) is 3.72. The molecule has 2 saturated heterocycles. The number of benzene rings is 1. The van der Waals surface area contributed by atoms with Crippen LogP contribution in [0.25, 0.3) is 0 Å². The van der Waals surface area contributed by atoms with Gasteiger partial charge in [0, 0.05) is 26.6 Å². The number of fused-ring (bicyclic) bond motifs is 1. The van der Waals surface area contributed by atoms with Crippen molar-refractivity contribution < 1.29 is 18.8 Å². The molecular formula is C20H23N3O4. The Kier molecular flexibility index (Phi) is 4.70. The molecule has 0 bridgehead atoms. The Morgan fingerprint density at radius 1 is 1.30 bits per heavy atom. The number of rotatable bonds is 4. The monoisotopic (exact) mass is 369 g/mol. The number of aryl methyl sites for hydroxylation is 1. The molecule has 0 N–H and O–H groups in total. The van der Waals surface area contributed by atoms with Crippen molar-refractivity contribution in [2.24, 2.45) is 0 Å². The quantitative estimate of drug-likeness (QED) is 0.819. The molecule has 142 valence electrons. The van der Waals surface area contributed by atoms with E-state index in [4.69, 9.17) is 9.26 Å². The first-order chi connectivity index (χ1) is 13.1. The first kappa shape index (κ1) is 17.7. The van der Waals surface area contributed by atoms with Gasteiger partial charge in [-0.2, -0.15) is 0 Å². The smallest absolute Gasteiger partial charge is 0.259 e. The summed E-state index contributed by atoms with van der Waals surface area (Å²) in [5.74, 6) is 0.246. The molecule has 2 aromatic rings. The molecule has 1 aromatic heterocycles. The van der Waals surface area contributed by atoms with E-state index >= 15 is 0 Å². The van der Waals surface area contributed by atoms with Gasteiger partial charge in [0.1, 0.15) is 17.4 Å². The van der Waals surface area contributed by atoms with Gasteiger partial charge in [0.15, 0.2) is 0 Å². The molecule has 3 heterocycles. The lowest BCUT2D eigenvalue weighted by Gasteiger charge is -2.42. The molecule has 7 nitrogen and oxygen atoms in total. The van der Waals surface area contributed by atoms with Crippen molar-refractivity contribution in [3.63, 3.8) is 0 Å². The normalized spacial score (nSPS) is 25.0. The molecule has 2 fully saturated rings. The molecular weight excluding hydrogens is 346 g/mol. The third-order valence-electron chi connectivity index (χ3n) is 5.58. The van der Waals surface area contributed by atoms with Crippen molar-refractivity contribution in [1.82, 2.24) is 15.0 Å². The fraction of sp³-hybridized carbons (Fsp3) is 0.450. The number of ether oxygens (including phenoxy) is 1. The van der Waals surface area contributed by atoms with Crippen LogP contribution < -0.4 is 0 Å². The average Bonchev–Trinajstić information content (AvgIpc) is 3.30. The van der Waals surface area contributed by atoms with E-state index in [1.165, 1.54) is 6.20 Å². The molecule has 2 amide bonds. The highest BCUT2D eigenvalue weighted by atomic mass is 16.5. The van der Waals surface area contributed by atoms with Gasteiger partial charge in [0.25, 0.3) is 5.91 Å². The lowest BCUT2D eigenvalue weighted by Crippen LogP contribution is -2.61. The second-order valence-electron chi connectivity index (χ2n) is 7.20. The summed E-state index contributed by atoms with van der Waals surface area (Å²) in [7, 11) is 1.67. The number of amides is 2. The predicted octanol–water partition coefficient (Wildman–Crippen LogP) is 1.67. The van der Waals surface area contributed by atoms with Gasteiger partial charge in [-0.1, -0.05) is 35.5 Å². The summed E-state index contributed by atoms with van der Waals surface area (Å²) in [6, 6.07) is 9.23. The van der Waals surface area contributed by atoms with Gasteiger partial charge < -0.3 is 19.1 Å². The van der Waals surface area contributed by atoms with E-state index in [-0.39, 0.29) is 24.0 Å². The van der Waals surface area contributed by atoms with Gasteiger partial charge in [-0.05, 0) is 18.9 Å². The number of hydrogen-bond donors (Lipinski definition) is 0. The maximum Gasteiger partial charge on any atom is 0.259 e. The Hall–Kier alpha value is -2.67. The van der Waals surface area contributed by atoms with Crippen molar-refractivity contribution in [3.05, 3.63) is 53.4 Å². The number of carbonyl (C=O) groups is 2. The number of aromatic nitrogens is 1. The summed E-state index contributed by atoms with van der Waals surface area (Å²) < 4.78 is 10.5. The molecule has 1 aromatic carbocycles. The van der Waals surface area contributed by atoms with Crippen LogP contribution in [0.15, 0.2) is 41.1 Å². The van der Waals surface area contributed by atoms with E-state index in [1.54, 1.807) is 18.9 Å². The van der Waals surface area contributed by atoms with Gasteiger partial charge in [-0.3, -0.25) is 9.59 Å². The predicted molar refractivity (Wildman–Crippen MR) is 97.1 cm³/mol. The van der Waals surface area contributed by atoms with Crippen LogP contribution in [0.3, 0.4) is 0 Å². The number of methoxy groups -OCH3 is 1. The summed E-state index contributed by atoms with van der Waals surface area (Å²) in [5.41, 5.74) is 1.44. The Morgan fingerprint density at radius 3 is 2.74 bits per heavy atom. The van der Waals surface area contributed by atoms with Gasteiger partial charge in [-0.25, -0.2) is 0 Å². The van der Waals surface area contributed by atoms with E-state index in [0.717, 1.165) is 12.0 Å². The summed E-state index contributed by atoms with van der Waals surface area (Å²) >= 11 is 0. The maximum absolute atomic E-state index is 13.3. The van der Waals surface area contributed by atoms with Gasteiger partial charge in [0.05, 0.1) is 18.3 Å². The van der Waals surface area contributed by atoms with Crippen LogP contribution in [0.1, 0.15) is 28.1 Å². The summed E-state index contributed by atoms with van der Waals surface area (Å²) in [6.07, 6.45) is 2.67. The van der Waals surface area contributed by atoms with Crippen LogP contribution in [-0.4, -0.2) is 65.2 Å². The second-order valence-corrected chi connectivity index (χ2v) is 7.20. The highest BCUT2D eigenvalue weighted by Gasteiger charge is 2.47. The highest BCUT2D eigenvalue weighted by molar-refractivity contribution is 5.99. The van der Waals surface area contributed by atoms with Crippen molar-refractivity contribution in [3.8, 4) is 0 Å². The number of nitrogens with zero attached hydrogens (tertiary/aromatic N) is 3. The topological polar surface area (TPSA) is 75.9 Å². The zero-order chi connectivity index (χ0) is 19.0. The van der Waals surface area contributed by atoms with Crippen LogP contribution in [0.2, 0.25) is 0 Å². The van der Waals surface area contributed by atoms with Crippen molar-refractivity contribution >= 4 is 11.8 Å². The SMILES string of the molecule is CO[C@H]1C[C@H]2CN(C(=O)c3cnoc3C)[C@@H](Cc3ccccc3)C(=O)N2C1. The summed E-state index contributed by atoms with van der Waals surface area (Å²) in [4.78, 5) is 30.0. The maximum atomic E-state index is 13.3. The van der Waals surface area contributed by atoms with Crippen molar-refractivity contribution in [2.45, 2.75) is 38.0 Å². The van der Waals surface area contributed by atoms with Crippen LogP contribution in [0, 0.1) is 6.92 Å². The average molecular weight is 369 g/mol. The summed E-state index contributed by atoms with van der Waals surface area (Å²) in [6.45, 7) is 2.78. The Balaban J connectivity index is 1.66. The molecule has 7 heteroatoms. The fourth-order valence-corrected chi connectivity index (χ4v) is 4.08. The van der Waals surface area contributed by atoms with E-state index in [9.17, 15) is 9.59 Å². The van der Waals surface area contributed by atoms with Gasteiger partial charge >= 0.3 is 0 Å². The molecule has 0 radical (unpaired) electrons. The van der Waals surface area contributed by atoms with Crippen molar-refractivity contribution in [2.75, 3.05) is 20.2 Å². The Morgan fingerprint density at radius 2 is 2.07 bits per heavy atom. The minimum atomic E-state index is -0.541. The number of hydrogen-bond acceptors (Lipinski definition) is 5. The first-order valence-corrected chi connectivity index (χ1v) is 9.18. The van der Waals surface area contributed by atoms with E-state index < -0.39 is 6.04 Å². The van der Waals surface area contributed by atoms with E-state index in [0.29, 0.717) is 30.8 Å². The van der Waals surface area contributed by atoms with Gasteiger partial charge in [0.2, 0.25) is 5.91 Å². The first-order valence-electron chi connectivity index (χ1n) is 9.18. The molecule has 27 heavy (non-hydrogen) atoms. The van der Waals surface area contributed by atoms with Crippen LogP contribution >= 0.6 is 0 Å². The van der Waals surface area contributed by atoms with Gasteiger partial charge in [-0.15, -0.1) is 0 Å². The third kappa shape index (κ3) is 3.23. The number of piperazine rings is 1. The lowest BCUT2D eigenvalue weighted by molar-refractivity contribution is -0.142. The Labute approximate surface area is 157 Å². The molecule has 0 unspecified atom stereocenters. The molecule has 2 aliphatic rings. The lowest BCUT2D eigenvalue weighted by atomic mass is 9.98. The molecule has 2 aliphatic heterocycles. The zero-order valence-corrected chi connectivity index (χ0v) is 15.5. The standard InChI is InChI=1S/C20H23N3O4/c1-13-17(10-21-27-13)19(24)23-11-15-9-16(26-2)12-22(15)20(25)18(23)8-14-6-4-3-5-7-14/h3-7,10,15-16,18H,8-9,11-12H2,1-2H3/t15-,16-,18-/m0/s1. The van der Waals surface area contributed by atoms with E-state index in [1.807, 2.05) is 35.2 Å². The van der Waals surface area contributed by atoms with Crippen molar-refractivity contribution in [1.29, 1.82) is 0 Å². The molecule has 0 saturated carbocycles. The largest absolute Gasteiger partial charge is 0.380 e. The van der Waals surface area contributed by atoms with Crippen LogP contribution in [-0.2, 0) is 16.0 Å². The van der Waals surface area contributed by atoms with Crippen LogP contribution in [0.5, 0.6) is 0 Å². The van der Waals surface area contributed by atoms with Crippen LogP contribution in [0.4, 0.5) is 0 Å². The minimum Gasteiger partial charge on any atom is -0.380 e. The second kappa shape index (κ2) is 7.15. The minimum absolute atomic E-state index is 0.0152. The molecule has 0 aliphatic carbocycles. The zero-order valence-electron chi connectivity index (χ0n) is 15.5. The molecule has 0 spiro atoms. The molecule has 3 atom stereocenters. The van der Waals surface area contributed by atoms with E-state index in [2.05, 4.69) is 5.16 Å². The third-order valence-corrected chi connectivity index (χ3v) is 5.58. The Bertz CT molecular complexity index is 835. The number of carbonyl (C=O) groups excluding carboxylic acids is 2.